The fraction of sp³-hybridized carbons (Fsp3) is 0.750. The second kappa shape index (κ2) is 5.40. The van der Waals surface area contributed by atoms with Crippen molar-refractivity contribution in [1.29, 1.82) is 0 Å². The van der Waals surface area contributed by atoms with Gasteiger partial charge in [0.05, 0.1) is 17.7 Å². The van der Waals surface area contributed by atoms with Crippen molar-refractivity contribution in [2.75, 3.05) is 18.6 Å². The first-order valence-corrected chi connectivity index (χ1v) is 8.16. The molecule has 5 nitrogen and oxygen atoms in total. The molecule has 2 rings (SSSR count). The van der Waals surface area contributed by atoms with Crippen LogP contribution in [-0.4, -0.2) is 42.8 Å². The normalized spacial score (nSPS) is 24.2. The van der Waals surface area contributed by atoms with Gasteiger partial charge in [0.25, 0.3) is 0 Å². The molecule has 0 aromatic carbocycles. The van der Waals surface area contributed by atoms with E-state index in [-0.39, 0.29) is 0 Å². The average molecular weight is 271 g/mol. The SMILES string of the molecule is CNC(Cc1cnn(C)c1)CC1CCS(=O)(=O)C1. The Morgan fingerprint density at radius 2 is 2.39 bits per heavy atom. The zero-order chi connectivity index (χ0) is 13.2. The van der Waals surface area contributed by atoms with Gasteiger partial charge in [0, 0.05) is 19.3 Å². The minimum Gasteiger partial charge on any atom is -0.317 e. The number of sulfone groups is 1. The summed E-state index contributed by atoms with van der Waals surface area (Å²) in [7, 11) is 1.08. The first-order valence-electron chi connectivity index (χ1n) is 6.34. The quantitative estimate of drug-likeness (QED) is 0.840. The first kappa shape index (κ1) is 13.5. The summed E-state index contributed by atoms with van der Waals surface area (Å²) in [5, 5.41) is 7.43. The Morgan fingerprint density at radius 3 is 2.89 bits per heavy atom. The van der Waals surface area contributed by atoms with Gasteiger partial charge in [-0.3, -0.25) is 4.68 Å². The molecule has 1 aliphatic rings. The Bertz CT molecular complexity index is 495. The van der Waals surface area contributed by atoms with Crippen LogP contribution in [0.3, 0.4) is 0 Å². The van der Waals surface area contributed by atoms with E-state index in [9.17, 15) is 8.42 Å². The van der Waals surface area contributed by atoms with Crippen LogP contribution < -0.4 is 5.32 Å². The third-order valence-corrected chi connectivity index (χ3v) is 5.43. The van der Waals surface area contributed by atoms with Crippen LogP contribution in [0, 0.1) is 5.92 Å². The lowest BCUT2D eigenvalue weighted by atomic mass is 9.96. The maximum absolute atomic E-state index is 11.4. The Hall–Kier alpha value is -0.880. The summed E-state index contributed by atoms with van der Waals surface area (Å²) in [6.07, 6.45) is 6.52. The van der Waals surface area contributed by atoms with Gasteiger partial charge < -0.3 is 5.32 Å². The number of nitrogens with zero attached hydrogens (tertiary/aromatic N) is 2. The van der Waals surface area contributed by atoms with Crippen molar-refractivity contribution in [3.63, 3.8) is 0 Å². The third kappa shape index (κ3) is 3.55. The van der Waals surface area contributed by atoms with Gasteiger partial charge in [0.2, 0.25) is 0 Å². The molecule has 1 N–H and O–H groups in total. The summed E-state index contributed by atoms with van der Waals surface area (Å²) in [6.45, 7) is 0. The minimum absolute atomic E-state index is 0.309. The van der Waals surface area contributed by atoms with Crippen LogP contribution >= 0.6 is 0 Å². The fourth-order valence-electron chi connectivity index (χ4n) is 2.63. The standard InChI is InChI=1S/C12H21N3O2S/c1-13-12(6-11-7-14-15(2)8-11)5-10-3-4-18(16,17)9-10/h7-8,10,12-13H,3-6,9H2,1-2H3. The number of nitrogens with one attached hydrogen (secondary N) is 1. The Balaban J connectivity index is 1.90. The zero-order valence-electron chi connectivity index (χ0n) is 11.0. The maximum atomic E-state index is 11.4. The summed E-state index contributed by atoms with van der Waals surface area (Å²) >= 11 is 0. The van der Waals surface area contributed by atoms with E-state index in [0.29, 0.717) is 23.5 Å². The number of aromatic nitrogens is 2. The van der Waals surface area contributed by atoms with E-state index in [4.69, 9.17) is 0 Å². The van der Waals surface area contributed by atoms with E-state index in [1.165, 1.54) is 5.56 Å². The number of likely N-dealkylation sites (N-methyl/N-ethyl adjacent to an activating group) is 1. The molecular weight excluding hydrogens is 250 g/mol. The molecule has 0 radical (unpaired) electrons. The summed E-state index contributed by atoms with van der Waals surface area (Å²) in [6, 6.07) is 0.326. The molecule has 102 valence electrons. The molecule has 2 heterocycles. The monoisotopic (exact) mass is 271 g/mol. The van der Waals surface area contributed by atoms with Gasteiger partial charge in [-0.25, -0.2) is 8.42 Å². The number of hydrogen-bond donors (Lipinski definition) is 1. The predicted molar refractivity (Wildman–Crippen MR) is 71.1 cm³/mol. The molecule has 1 aliphatic heterocycles. The van der Waals surface area contributed by atoms with E-state index in [2.05, 4.69) is 10.4 Å². The van der Waals surface area contributed by atoms with E-state index in [1.54, 1.807) is 4.68 Å². The molecule has 0 spiro atoms. The molecule has 0 bridgehead atoms. The first-order chi connectivity index (χ1) is 8.48. The molecule has 0 saturated carbocycles. The highest BCUT2D eigenvalue weighted by Gasteiger charge is 2.29. The average Bonchev–Trinajstić information content (AvgIpc) is 2.84. The van der Waals surface area contributed by atoms with Crippen molar-refractivity contribution in [2.24, 2.45) is 13.0 Å². The summed E-state index contributed by atoms with van der Waals surface area (Å²) in [4.78, 5) is 0. The Morgan fingerprint density at radius 1 is 1.61 bits per heavy atom. The predicted octanol–water partition coefficient (Wildman–Crippen LogP) is 0.375. The van der Waals surface area contributed by atoms with Crippen LogP contribution in [-0.2, 0) is 23.3 Å². The molecule has 1 aromatic rings. The van der Waals surface area contributed by atoms with Gasteiger partial charge in [-0.15, -0.1) is 0 Å². The molecular formula is C12H21N3O2S. The molecule has 1 saturated heterocycles. The van der Waals surface area contributed by atoms with Gasteiger partial charge in [-0.2, -0.15) is 5.10 Å². The molecule has 2 unspecified atom stereocenters. The molecule has 18 heavy (non-hydrogen) atoms. The highest BCUT2D eigenvalue weighted by Crippen LogP contribution is 2.23. The van der Waals surface area contributed by atoms with Crippen LogP contribution in [0.5, 0.6) is 0 Å². The number of rotatable bonds is 5. The second-order valence-electron chi connectivity index (χ2n) is 5.22. The number of aryl methyl sites for hydroxylation is 1. The van der Waals surface area contributed by atoms with Crippen molar-refractivity contribution in [1.82, 2.24) is 15.1 Å². The van der Waals surface area contributed by atoms with Gasteiger partial charge in [0.15, 0.2) is 9.84 Å². The highest BCUT2D eigenvalue weighted by molar-refractivity contribution is 7.91. The van der Waals surface area contributed by atoms with Crippen molar-refractivity contribution < 1.29 is 8.42 Å². The third-order valence-electron chi connectivity index (χ3n) is 3.59. The van der Waals surface area contributed by atoms with Crippen molar-refractivity contribution >= 4 is 9.84 Å². The van der Waals surface area contributed by atoms with Gasteiger partial charge in [0.1, 0.15) is 0 Å². The molecule has 0 aliphatic carbocycles. The molecule has 6 heteroatoms. The van der Waals surface area contributed by atoms with Gasteiger partial charge >= 0.3 is 0 Å². The van der Waals surface area contributed by atoms with Crippen molar-refractivity contribution in [3.05, 3.63) is 18.0 Å². The van der Waals surface area contributed by atoms with E-state index in [0.717, 1.165) is 19.3 Å². The minimum atomic E-state index is -2.76. The van der Waals surface area contributed by atoms with Crippen LogP contribution in [0.15, 0.2) is 12.4 Å². The second-order valence-corrected chi connectivity index (χ2v) is 7.45. The van der Waals surface area contributed by atoms with Crippen LogP contribution in [0.4, 0.5) is 0 Å². The van der Waals surface area contributed by atoms with Crippen molar-refractivity contribution in [2.45, 2.75) is 25.3 Å². The van der Waals surface area contributed by atoms with Crippen LogP contribution in [0.2, 0.25) is 0 Å². The largest absolute Gasteiger partial charge is 0.317 e. The van der Waals surface area contributed by atoms with Crippen molar-refractivity contribution in [3.8, 4) is 0 Å². The maximum Gasteiger partial charge on any atom is 0.150 e. The van der Waals surface area contributed by atoms with Gasteiger partial charge in [-0.1, -0.05) is 0 Å². The molecule has 0 amide bonds. The van der Waals surface area contributed by atoms with E-state index in [1.807, 2.05) is 26.5 Å². The van der Waals surface area contributed by atoms with E-state index < -0.39 is 9.84 Å². The smallest absolute Gasteiger partial charge is 0.150 e. The summed E-state index contributed by atoms with van der Waals surface area (Å²) < 4.78 is 24.7. The molecule has 1 fully saturated rings. The van der Waals surface area contributed by atoms with Crippen LogP contribution in [0.1, 0.15) is 18.4 Å². The topological polar surface area (TPSA) is 64.0 Å². The zero-order valence-corrected chi connectivity index (χ0v) is 11.8. The Kier molecular flexibility index (Phi) is 4.07. The fourth-order valence-corrected chi connectivity index (χ4v) is 4.51. The molecule has 1 aromatic heterocycles. The lowest BCUT2D eigenvalue weighted by Gasteiger charge is -2.18. The number of hydrogen-bond acceptors (Lipinski definition) is 4. The highest BCUT2D eigenvalue weighted by atomic mass is 32.2. The van der Waals surface area contributed by atoms with Crippen LogP contribution in [0.25, 0.3) is 0 Å². The lowest BCUT2D eigenvalue weighted by molar-refractivity contribution is 0.424. The van der Waals surface area contributed by atoms with Gasteiger partial charge in [-0.05, 0) is 37.8 Å². The lowest BCUT2D eigenvalue weighted by Crippen LogP contribution is -2.30. The molecule has 2 atom stereocenters. The Labute approximate surface area is 108 Å². The summed E-state index contributed by atoms with van der Waals surface area (Å²) in [5.74, 6) is 1.03. The summed E-state index contributed by atoms with van der Waals surface area (Å²) in [5.41, 5.74) is 1.19. The van der Waals surface area contributed by atoms with E-state index >= 15 is 0 Å².